The van der Waals surface area contributed by atoms with Crippen molar-refractivity contribution in [2.75, 3.05) is 6.26 Å². The van der Waals surface area contributed by atoms with Crippen LogP contribution in [-0.4, -0.2) is 53.6 Å². The minimum absolute atomic E-state index is 0.0951. The average Bonchev–Trinajstić information content (AvgIpc) is 2.46. The first-order valence-corrected chi connectivity index (χ1v) is 12.6. The van der Waals surface area contributed by atoms with Crippen LogP contribution in [0, 0.1) is 0 Å². The van der Waals surface area contributed by atoms with Crippen LogP contribution < -0.4 is 4.72 Å². The second-order valence-corrected chi connectivity index (χ2v) is 11.9. The van der Waals surface area contributed by atoms with E-state index in [9.17, 15) is 21.0 Å². The summed E-state index contributed by atoms with van der Waals surface area (Å²) in [6, 6.07) is -0.465. The van der Waals surface area contributed by atoms with Crippen LogP contribution in [0.5, 0.6) is 0 Å². The summed E-state index contributed by atoms with van der Waals surface area (Å²) >= 11 is 0. The van der Waals surface area contributed by atoms with E-state index in [0.29, 0.717) is 32.1 Å². The molecule has 5 unspecified atom stereocenters. The number of hydrogen-bond donors (Lipinski definition) is 2. The van der Waals surface area contributed by atoms with Gasteiger partial charge in [0.2, 0.25) is 10.0 Å². The SMILES string of the molecule is CS(=O)C1CCCC(S(=O)(=O)NC2CCCC(S(=O)(=O)O)C2)C1. The third kappa shape index (κ3) is 5.22. The van der Waals surface area contributed by atoms with Crippen LogP contribution in [0.15, 0.2) is 0 Å². The molecule has 2 N–H and O–H groups in total. The topological polar surface area (TPSA) is 118 Å². The predicted molar refractivity (Wildman–Crippen MR) is 89.8 cm³/mol. The van der Waals surface area contributed by atoms with Gasteiger partial charge in [0.05, 0.1) is 10.5 Å². The highest BCUT2D eigenvalue weighted by molar-refractivity contribution is 7.90. The quantitative estimate of drug-likeness (QED) is 0.674. The van der Waals surface area contributed by atoms with E-state index < -0.39 is 47.5 Å². The van der Waals surface area contributed by atoms with E-state index in [2.05, 4.69) is 4.72 Å². The fraction of sp³-hybridized carbons (Fsp3) is 1.00. The molecule has 0 spiro atoms. The van der Waals surface area contributed by atoms with Crippen molar-refractivity contribution in [1.82, 2.24) is 4.72 Å². The zero-order valence-electron chi connectivity index (χ0n) is 13.2. The standard InChI is InChI=1S/C13H25NO6S3/c1-21(15)11-5-3-6-12(9-11)22(16,17)14-10-4-2-7-13(8-10)23(18,19)20/h10-14H,2-9H2,1H3,(H,18,19,20). The van der Waals surface area contributed by atoms with Crippen molar-refractivity contribution in [3.8, 4) is 0 Å². The second-order valence-electron chi connectivity index (χ2n) is 6.57. The summed E-state index contributed by atoms with van der Waals surface area (Å²) in [5.41, 5.74) is 0. The molecule has 0 amide bonds. The molecule has 7 nitrogen and oxygen atoms in total. The normalized spacial score (nSPS) is 34.9. The first-order chi connectivity index (χ1) is 10.6. The van der Waals surface area contributed by atoms with Crippen molar-refractivity contribution in [2.24, 2.45) is 0 Å². The highest BCUT2D eigenvalue weighted by Gasteiger charge is 2.37. The first-order valence-electron chi connectivity index (χ1n) is 7.89. The lowest BCUT2D eigenvalue weighted by Gasteiger charge is -2.32. The Morgan fingerprint density at radius 1 is 0.957 bits per heavy atom. The summed E-state index contributed by atoms with van der Waals surface area (Å²) in [4.78, 5) is 0. The summed E-state index contributed by atoms with van der Waals surface area (Å²) in [5.74, 6) is 0. The number of sulfonamides is 1. The maximum atomic E-state index is 12.6. The van der Waals surface area contributed by atoms with Gasteiger partial charge in [-0.2, -0.15) is 8.42 Å². The van der Waals surface area contributed by atoms with Crippen LogP contribution in [0.25, 0.3) is 0 Å². The van der Waals surface area contributed by atoms with Gasteiger partial charge >= 0.3 is 0 Å². The summed E-state index contributed by atoms with van der Waals surface area (Å²) < 4.78 is 71.0. The number of hydrogen-bond acceptors (Lipinski definition) is 5. The zero-order valence-corrected chi connectivity index (χ0v) is 15.6. The van der Waals surface area contributed by atoms with Gasteiger partial charge in [0.25, 0.3) is 10.1 Å². The van der Waals surface area contributed by atoms with Crippen molar-refractivity contribution in [2.45, 2.75) is 73.2 Å². The van der Waals surface area contributed by atoms with Crippen molar-refractivity contribution in [3.63, 3.8) is 0 Å². The Morgan fingerprint density at radius 3 is 2.17 bits per heavy atom. The van der Waals surface area contributed by atoms with Gasteiger partial charge in [0.1, 0.15) is 0 Å². The van der Waals surface area contributed by atoms with Gasteiger partial charge in [-0.15, -0.1) is 0 Å². The van der Waals surface area contributed by atoms with Gasteiger partial charge in [-0.1, -0.05) is 12.8 Å². The number of rotatable bonds is 5. The van der Waals surface area contributed by atoms with Gasteiger partial charge in [-0.25, -0.2) is 13.1 Å². The van der Waals surface area contributed by atoms with E-state index in [4.69, 9.17) is 4.55 Å². The molecular weight excluding hydrogens is 362 g/mol. The molecule has 5 atom stereocenters. The molecule has 2 fully saturated rings. The molecule has 0 aliphatic heterocycles. The molecule has 2 saturated carbocycles. The molecule has 0 bridgehead atoms. The van der Waals surface area contributed by atoms with E-state index in [-0.39, 0.29) is 11.7 Å². The molecule has 23 heavy (non-hydrogen) atoms. The Bertz CT molecular complexity index is 645. The lowest BCUT2D eigenvalue weighted by atomic mass is 9.96. The van der Waals surface area contributed by atoms with Gasteiger partial charge in [0, 0.05) is 28.3 Å². The molecule has 0 heterocycles. The smallest absolute Gasteiger partial charge is 0.267 e. The molecule has 10 heteroatoms. The Morgan fingerprint density at radius 2 is 1.57 bits per heavy atom. The van der Waals surface area contributed by atoms with Crippen LogP contribution in [0.4, 0.5) is 0 Å². The Labute approximate surface area is 140 Å². The predicted octanol–water partition coefficient (Wildman–Crippen LogP) is 0.795. The molecule has 0 radical (unpaired) electrons. The van der Waals surface area contributed by atoms with Crippen LogP contribution in [-0.2, 0) is 30.9 Å². The Hall–Kier alpha value is -0.0300. The summed E-state index contributed by atoms with van der Waals surface area (Å²) in [6.07, 6.45) is 5.63. The highest BCUT2D eigenvalue weighted by Crippen LogP contribution is 2.29. The van der Waals surface area contributed by atoms with Gasteiger partial charge in [0.15, 0.2) is 0 Å². The molecule has 0 aromatic rings. The second kappa shape index (κ2) is 7.47. The van der Waals surface area contributed by atoms with Crippen molar-refractivity contribution in [1.29, 1.82) is 0 Å². The maximum Gasteiger partial charge on any atom is 0.267 e. The van der Waals surface area contributed by atoms with Crippen LogP contribution in [0.2, 0.25) is 0 Å². The molecular formula is C13H25NO6S3. The van der Waals surface area contributed by atoms with Gasteiger partial charge < -0.3 is 0 Å². The van der Waals surface area contributed by atoms with Gasteiger partial charge in [-0.05, 0) is 38.5 Å². The molecule has 2 aliphatic rings. The van der Waals surface area contributed by atoms with Crippen molar-refractivity contribution >= 4 is 30.9 Å². The van der Waals surface area contributed by atoms with E-state index in [1.165, 1.54) is 0 Å². The zero-order chi connectivity index (χ0) is 17.3. The van der Waals surface area contributed by atoms with Gasteiger partial charge in [-0.3, -0.25) is 8.76 Å². The molecule has 2 rings (SSSR count). The number of nitrogens with one attached hydrogen (secondary N) is 1. The maximum absolute atomic E-state index is 12.6. The average molecular weight is 388 g/mol. The third-order valence-corrected chi connectivity index (χ3v) is 9.47. The molecule has 0 saturated heterocycles. The summed E-state index contributed by atoms with van der Waals surface area (Å²) in [7, 11) is -8.75. The fourth-order valence-electron chi connectivity index (χ4n) is 3.54. The Balaban J connectivity index is 2.01. The lowest BCUT2D eigenvalue weighted by molar-refractivity contribution is 0.378. The van der Waals surface area contributed by atoms with E-state index in [0.717, 1.165) is 12.8 Å². The molecule has 0 aromatic heterocycles. The monoisotopic (exact) mass is 387 g/mol. The van der Waals surface area contributed by atoms with Crippen LogP contribution in [0.1, 0.15) is 51.4 Å². The van der Waals surface area contributed by atoms with E-state index in [1.54, 1.807) is 6.26 Å². The lowest BCUT2D eigenvalue weighted by Crippen LogP contribution is -2.47. The molecule has 2 aliphatic carbocycles. The highest BCUT2D eigenvalue weighted by atomic mass is 32.2. The fourth-order valence-corrected chi connectivity index (χ4v) is 7.43. The summed E-state index contributed by atoms with van der Waals surface area (Å²) in [6.45, 7) is 0. The van der Waals surface area contributed by atoms with Crippen molar-refractivity contribution in [3.05, 3.63) is 0 Å². The van der Waals surface area contributed by atoms with Crippen LogP contribution >= 0.6 is 0 Å². The Kier molecular flexibility index (Phi) is 6.26. The molecule has 136 valence electrons. The summed E-state index contributed by atoms with van der Waals surface area (Å²) in [5, 5.41) is -1.57. The first kappa shape index (κ1) is 19.3. The molecule has 0 aromatic carbocycles. The van der Waals surface area contributed by atoms with E-state index >= 15 is 0 Å². The largest absolute Gasteiger partial charge is 0.285 e. The minimum atomic E-state index is -4.13. The minimum Gasteiger partial charge on any atom is -0.285 e. The van der Waals surface area contributed by atoms with E-state index in [1.807, 2.05) is 0 Å². The van der Waals surface area contributed by atoms with Crippen LogP contribution in [0.3, 0.4) is 0 Å². The third-order valence-electron chi connectivity index (χ3n) is 4.86. The van der Waals surface area contributed by atoms with Crippen molar-refractivity contribution < 1.29 is 25.6 Å².